The highest BCUT2D eigenvalue weighted by molar-refractivity contribution is 6.88. The van der Waals surface area contributed by atoms with E-state index in [1.165, 1.54) is 54.5 Å². The zero-order valence-electron chi connectivity index (χ0n) is 23.5. The molecule has 4 radical (unpaired) electrons. The van der Waals surface area contributed by atoms with Crippen molar-refractivity contribution in [3.63, 3.8) is 0 Å². The van der Waals surface area contributed by atoms with Gasteiger partial charge >= 0.3 is 0 Å². The summed E-state index contributed by atoms with van der Waals surface area (Å²) < 4.78 is 0. The Morgan fingerprint density at radius 3 is 1.55 bits per heavy atom. The largest absolute Gasteiger partial charge is 0.122 e. The van der Waals surface area contributed by atoms with Gasteiger partial charge in [0.05, 0.1) is 13.5 Å². The third-order valence-corrected chi connectivity index (χ3v) is 13.7. The van der Waals surface area contributed by atoms with Gasteiger partial charge in [0.25, 0.3) is 0 Å². The molecule has 4 aromatic carbocycles. The van der Waals surface area contributed by atoms with Crippen LogP contribution < -0.4 is 5.19 Å². The fourth-order valence-corrected chi connectivity index (χ4v) is 10.9. The predicted octanol–water partition coefficient (Wildman–Crippen LogP) is 7.87. The normalized spacial score (nSPS) is 17.6. The van der Waals surface area contributed by atoms with Crippen LogP contribution in [-0.4, -0.2) is 27.1 Å². The van der Waals surface area contributed by atoms with Crippen molar-refractivity contribution in [1.82, 2.24) is 0 Å². The number of allylic oxidation sites excluding steroid dienone is 6. The van der Waals surface area contributed by atoms with Crippen LogP contribution in [0.15, 0.2) is 143 Å². The van der Waals surface area contributed by atoms with Crippen LogP contribution in [0.4, 0.5) is 0 Å². The molecule has 0 N–H and O–H groups in total. The van der Waals surface area contributed by atoms with Crippen LogP contribution in [0, 0.1) is 6.92 Å². The first-order chi connectivity index (χ1) is 19.4. The van der Waals surface area contributed by atoms with Crippen molar-refractivity contribution >= 4 is 42.7 Å². The van der Waals surface area contributed by atoms with Gasteiger partial charge in [-0.15, -0.1) is 0 Å². The summed E-state index contributed by atoms with van der Waals surface area (Å²) in [5, 5.41) is 7.64. The summed E-state index contributed by atoms with van der Waals surface area (Å²) in [4.78, 5) is 0. The monoisotopic (exact) mass is 560 g/mol. The van der Waals surface area contributed by atoms with Crippen LogP contribution in [0.5, 0.6) is 0 Å². The molecule has 2 aliphatic heterocycles. The lowest BCUT2D eigenvalue weighted by atomic mass is 9.66. The SMILES string of the molecule is Cc1cccc(C2=CC3=C([Si]2)C2=C(C=C(c4cccc([Si](C)(C)C)c4)[Si]2)C3(c2ccccc2)c2ccccc2)c1. The fraction of sp³-hybridized carbons (Fsp3) is 0.135. The number of rotatable bonds is 5. The Morgan fingerprint density at radius 2 is 1.05 bits per heavy atom. The molecule has 0 saturated carbocycles. The Labute approximate surface area is 244 Å². The third kappa shape index (κ3) is 3.99. The van der Waals surface area contributed by atoms with E-state index in [1.807, 2.05) is 0 Å². The molecule has 0 fully saturated rings. The van der Waals surface area contributed by atoms with E-state index in [1.54, 1.807) is 10.4 Å². The second kappa shape index (κ2) is 9.55. The van der Waals surface area contributed by atoms with Crippen molar-refractivity contribution in [3.05, 3.63) is 171 Å². The van der Waals surface area contributed by atoms with Gasteiger partial charge in [0.1, 0.15) is 19.0 Å². The van der Waals surface area contributed by atoms with E-state index in [0.717, 1.165) is 0 Å². The molecule has 0 aromatic heterocycles. The Bertz CT molecular complexity index is 1720. The van der Waals surface area contributed by atoms with E-state index >= 15 is 0 Å². The number of benzene rings is 4. The van der Waals surface area contributed by atoms with Crippen molar-refractivity contribution in [2.24, 2.45) is 0 Å². The standard InChI is InChI=1S/C37H32Si3/c1-25-13-11-14-26(21-25)33-23-31-35(38-33)36-32(24-34(39-36)27-15-12-20-30(22-27)40(2,3)4)37(31,28-16-7-5-8-17-28)29-18-9-6-10-19-29/h5-24H,1-4H3. The maximum atomic E-state index is 2.57. The van der Waals surface area contributed by atoms with Crippen molar-refractivity contribution in [1.29, 1.82) is 0 Å². The molecule has 3 heteroatoms. The van der Waals surface area contributed by atoms with Gasteiger partial charge in [0.2, 0.25) is 0 Å². The summed E-state index contributed by atoms with van der Waals surface area (Å²) in [5.41, 5.74) is 9.50. The summed E-state index contributed by atoms with van der Waals surface area (Å²) in [6.45, 7) is 9.54. The van der Waals surface area contributed by atoms with Crippen LogP contribution in [0.3, 0.4) is 0 Å². The molecule has 0 atom stereocenters. The smallest absolute Gasteiger partial charge is 0.0656 e. The number of fused-ring (bicyclic) bond motifs is 1. The molecular weight excluding hydrogens is 529 g/mol. The topological polar surface area (TPSA) is 0 Å². The first-order valence-electron chi connectivity index (χ1n) is 14.1. The van der Waals surface area contributed by atoms with E-state index in [2.05, 4.69) is 148 Å². The van der Waals surface area contributed by atoms with E-state index in [0.29, 0.717) is 19.0 Å². The lowest BCUT2D eigenvalue weighted by Crippen LogP contribution is -2.37. The van der Waals surface area contributed by atoms with Crippen molar-refractivity contribution in [2.75, 3.05) is 0 Å². The maximum absolute atomic E-state index is 2.57. The van der Waals surface area contributed by atoms with E-state index in [-0.39, 0.29) is 5.41 Å². The zero-order valence-corrected chi connectivity index (χ0v) is 26.5. The van der Waals surface area contributed by atoms with Crippen LogP contribution >= 0.6 is 0 Å². The Kier molecular flexibility index (Phi) is 6.08. The van der Waals surface area contributed by atoms with Crippen LogP contribution in [0.2, 0.25) is 19.6 Å². The van der Waals surface area contributed by atoms with Gasteiger partial charge in [0.15, 0.2) is 0 Å². The van der Waals surface area contributed by atoms with Crippen LogP contribution in [0.1, 0.15) is 27.8 Å². The number of hydrogen-bond acceptors (Lipinski definition) is 0. The number of aryl methyl sites for hydroxylation is 1. The average Bonchev–Trinajstić information content (AvgIpc) is 3.65. The molecule has 192 valence electrons. The van der Waals surface area contributed by atoms with Gasteiger partial charge < -0.3 is 0 Å². The zero-order chi connectivity index (χ0) is 27.5. The second-order valence-corrected chi connectivity index (χ2v) is 19.8. The predicted molar refractivity (Wildman–Crippen MR) is 176 cm³/mol. The van der Waals surface area contributed by atoms with Gasteiger partial charge in [-0.25, -0.2) is 0 Å². The van der Waals surface area contributed by atoms with Crippen LogP contribution in [0.25, 0.3) is 10.4 Å². The Hall–Kier alpha value is -3.51. The highest BCUT2D eigenvalue weighted by atomic mass is 28.3. The molecule has 0 nitrogen and oxygen atoms in total. The second-order valence-electron chi connectivity index (χ2n) is 12.1. The molecule has 40 heavy (non-hydrogen) atoms. The van der Waals surface area contributed by atoms with E-state index < -0.39 is 8.07 Å². The lowest BCUT2D eigenvalue weighted by molar-refractivity contribution is 0.759. The van der Waals surface area contributed by atoms with Crippen molar-refractivity contribution in [3.8, 4) is 0 Å². The summed E-state index contributed by atoms with van der Waals surface area (Å²) in [6, 6.07) is 41.0. The van der Waals surface area contributed by atoms with Gasteiger partial charge in [0, 0.05) is 0 Å². The first-order valence-corrected chi connectivity index (χ1v) is 19.6. The highest BCUT2D eigenvalue weighted by Gasteiger charge is 2.51. The van der Waals surface area contributed by atoms with E-state index in [9.17, 15) is 0 Å². The maximum Gasteiger partial charge on any atom is 0.122 e. The molecular formula is C37H32Si3. The minimum absolute atomic E-state index is 0.295. The molecule has 2 heterocycles. The van der Waals surface area contributed by atoms with Gasteiger partial charge in [-0.1, -0.05) is 173 Å². The third-order valence-electron chi connectivity index (χ3n) is 8.48. The minimum atomic E-state index is -1.40. The highest BCUT2D eigenvalue weighted by Crippen LogP contribution is 2.59. The Balaban J connectivity index is 1.44. The minimum Gasteiger partial charge on any atom is -0.0656 e. The summed E-state index contributed by atoms with van der Waals surface area (Å²) in [7, 11) is -0.0504. The molecule has 4 aromatic rings. The van der Waals surface area contributed by atoms with Gasteiger partial charge in [-0.3, -0.25) is 0 Å². The first kappa shape index (κ1) is 25.5. The summed E-state index contributed by atoms with van der Waals surface area (Å²) in [6.07, 6.45) is 5.12. The summed E-state index contributed by atoms with van der Waals surface area (Å²) >= 11 is 0. The molecule has 0 saturated heterocycles. The molecule has 0 spiro atoms. The lowest BCUT2D eigenvalue weighted by Gasteiger charge is -2.35. The molecule has 0 unspecified atom stereocenters. The fourth-order valence-electron chi connectivity index (χ4n) is 6.48. The molecule has 1 aliphatic carbocycles. The van der Waals surface area contributed by atoms with Gasteiger partial charge in [-0.2, -0.15) is 0 Å². The molecule has 0 amide bonds. The quantitative estimate of drug-likeness (QED) is 0.218. The summed E-state index contributed by atoms with van der Waals surface area (Å²) in [5.74, 6) is 0. The number of hydrogen-bond donors (Lipinski definition) is 0. The molecule has 0 bridgehead atoms. The Morgan fingerprint density at radius 1 is 0.550 bits per heavy atom. The van der Waals surface area contributed by atoms with E-state index in [4.69, 9.17) is 0 Å². The van der Waals surface area contributed by atoms with Crippen molar-refractivity contribution in [2.45, 2.75) is 32.0 Å². The van der Waals surface area contributed by atoms with Crippen LogP contribution in [-0.2, 0) is 5.41 Å². The van der Waals surface area contributed by atoms with Gasteiger partial charge in [-0.05, 0) is 40.3 Å². The molecule has 3 aliphatic rings. The average molecular weight is 561 g/mol. The molecule has 7 rings (SSSR count). The van der Waals surface area contributed by atoms with Crippen molar-refractivity contribution < 1.29 is 0 Å².